The van der Waals surface area contributed by atoms with Gasteiger partial charge in [0.25, 0.3) is 22.0 Å². The maximum Gasteiger partial charge on any atom is 0.352 e. The Bertz CT molecular complexity index is 1470. The number of piperazine rings is 1. The minimum atomic E-state index is -3.75. The zero-order valence-corrected chi connectivity index (χ0v) is 24.1. The molecule has 6 N–H and O–H groups in total. The summed E-state index contributed by atoms with van der Waals surface area (Å²) >= 11 is 2.09. The SMILES string of the molecule is C[N+]1(C/C=C/C2=C(C(=O)O)N3C(=O)[C@@H](NC(=O)/C(=N\OCC#N)c4nsc(N)n4)[C@@H]3SC2)CCN(S(N)(=O)=O)CC1. The Morgan fingerprint density at radius 3 is 2.68 bits per heavy atom. The van der Waals surface area contributed by atoms with Gasteiger partial charge in [0, 0.05) is 17.3 Å². The number of nitrogens with two attached hydrogens (primary N) is 2. The lowest BCUT2D eigenvalue weighted by Gasteiger charge is -2.49. The van der Waals surface area contributed by atoms with Crippen LogP contribution < -0.4 is 16.2 Å². The van der Waals surface area contributed by atoms with Crippen LogP contribution in [0.3, 0.4) is 0 Å². The molecule has 3 aliphatic heterocycles. The number of likely N-dealkylation sites (N-methyl/N-ethyl adjacent to an activating group) is 1. The molecule has 41 heavy (non-hydrogen) atoms. The number of aliphatic carboxylic acids is 1. The average molecular weight is 628 g/mol. The van der Waals surface area contributed by atoms with Crippen LogP contribution in [0.1, 0.15) is 5.82 Å². The van der Waals surface area contributed by atoms with Crippen molar-refractivity contribution in [1.82, 2.24) is 23.9 Å². The maximum atomic E-state index is 13.0. The largest absolute Gasteiger partial charge is 0.477 e. The van der Waals surface area contributed by atoms with Gasteiger partial charge in [0.2, 0.25) is 18.1 Å². The molecule has 0 bridgehead atoms. The van der Waals surface area contributed by atoms with E-state index in [0.29, 0.717) is 29.7 Å². The summed E-state index contributed by atoms with van der Waals surface area (Å²) in [5.74, 6) is -2.66. The molecular weight excluding hydrogens is 600 g/mol. The Labute approximate surface area is 243 Å². The molecule has 4 rings (SSSR count). The molecular formula is C21H27N10O7S3+. The smallest absolute Gasteiger partial charge is 0.352 e. The van der Waals surface area contributed by atoms with Gasteiger partial charge in [-0.25, -0.2) is 9.93 Å². The number of anilines is 1. The van der Waals surface area contributed by atoms with E-state index >= 15 is 0 Å². The fraction of sp³-hybridized carbons (Fsp3) is 0.476. The third kappa shape index (κ3) is 6.66. The van der Waals surface area contributed by atoms with Crippen LogP contribution in [0.2, 0.25) is 0 Å². The van der Waals surface area contributed by atoms with Crippen LogP contribution in [0.25, 0.3) is 0 Å². The molecule has 0 aromatic carbocycles. The summed E-state index contributed by atoms with van der Waals surface area (Å²) in [6, 6.07) is 0.652. The number of carboxylic acid groups (broad SMARTS) is 1. The number of nitriles is 1. The Kier molecular flexibility index (Phi) is 8.95. The van der Waals surface area contributed by atoms with Crippen LogP contribution in [0.5, 0.6) is 0 Å². The first-order valence-corrected chi connectivity index (χ1v) is 15.3. The number of oxime groups is 1. The second kappa shape index (κ2) is 12.1. The van der Waals surface area contributed by atoms with Crippen molar-refractivity contribution in [2.75, 3.05) is 57.9 Å². The summed E-state index contributed by atoms with van der Waals surface area (Å²) in [5.41, 5.74) is 5.45. The topological polar surface area (TPSA) is 247 Å². The first-order valence-electron chi connectivity index (χ1n) is 12.0. The van der Waals surface area contributed by atoms with Gasteiger partial charge in [-0.05, 0) is 11.6 Å². The lowest BCUT2D eigenvalue weighted by atomic mass is 10.0. The van der Waals surface area contributed by atoms with Crippen LogP contribution in [0, 0.1) is 11.3 Å². The van der Waals surface area contributed by atoms with Crippen molar-refractivity contribution >= 4 is 62.1 Å². The van der Waals surface area contributed by atoms with E-state index in [1.165, 1.54) is 16.1 Å². The van der Waals surface area contributed by atoms with Gasteiger partial charge in [-0.1, -0.05) is 11.2 Å². The van der Waals surface area contributed by atoms with Crippen molar-refractivity contribution in [2.24, 2.45) is 10.3 Å². The van der Waals surface area contributed by atoms with Crippen molar-refractivity contribution in [3.63, 3.8) is 0 Å². The quantitative estimate of drug-likeness (QED) is 0.0698. The monoisotopic (exact) mass is 627 g/mol. The number of allylic oxidation sites excluding steroid dienone is 1. The van der Waals surface area contributed by atoms with E-state index in [4.69, 9.17) is 21.0 Å². The third-order valence-corrected chi connectivity index (χ3v) is 9.57. The van der Waals surface area contributed by atoms with Crippen molar-refractivity contribution in [1.29, 1.82) is 5.26 Å². The minimum absolute atomic E-state index is 0.0630. The Hall–Kier alpha value is -3.61. The van der Waals surface area contributed by atoms with E-state index in [9.17, 15) is 27.9 Å². The van der Waals surface area contributed by atoms with E-state index < -0.39 is 46.0 Å². The molecule has 20 heteroatoms. The average Bonchev–Trinajstić information content (AvgIpc) is 3.34. The third-order valence-electron chi connectivity index (χ3n) is 6.64. The van der Waals surface area contributed by atoms with E-state index in [1.54, 1.807) is 12.1 Å². The summed E-state index contributed by atoms with van der Waals surface area (Å²) in [7, 11) is -1.78. The van der Waals surface area contributed by atoms with Crippen LogP contribution in [0.15, 0.2) is 28.6 Å². The molecule has 0 saturated carbocycles. The Balaban J connectivity index is 1.44. The van der Waals surface area contributed by atoms with E-state index in [0.717, 1.165) is 16.4 Å². The molecule has 1 aromatic heterocycles. The number of quaternary nitrogens is 1. The molecule has 4 heterocycles. The van der Waals surface area contributed by atoms with Crippen LogP contribution >= 0.6 is 23.3 Å². The molecule has 2 amide bonds. The van der Waals surface area contributed by atoms with Gasteiger partial charge in [-0.3, -0.25) is 14.5 Å². The van der Waals surface area contributed by atoms with Gasteiger partial charge < -0.3 is 25.5 Å². The summed E-state index contributed by atoms with van der Waals surface area (Å²) < 4.78 is 28.8. The number of carboxylic acids is 1. The highest BCUT2D eigenvalue weighted by atomic mass is 32.2. The van der Waals surface area contributed by atoms with E-state index in [2.05, 4.69) is 19.8 Å². The molecule has 1 aromatic rings. The Morgan fingerprint density at radius 1 is 1.39 bits per heavy atom. The van der Waals surface area contributed by atoms with Gasteiger partial charge >= 0.3 is 5.97 Å². The number of nitrogens with zero attached hydrogens (tertiary/aromatic N) is 7. The number of nitrogen functional groups attached to an aromatic ring is 1. The number of carbonyl (C=O) groups is 3. The first kappa shape index (κ1) is 30.4. The van der Waals surface area contributed by atoms with Crippen LogP contribution in [-0.2, 0) is 29.4 Å². The number of aromatic nitrogens is 2. The second-order valence-corrected chi connectivity index (χ2v) is 12.9. The molecule has 0 unspecified atom stereocenters. The number of fused-ring (bicyclic) bond motifs is 1. The summed E-state index contributed by atoms with van der Waals surface area (Å²) in [5, 5.41) is 29.3. The number of hydrogen-bond acceptors (Lipinski definition) is 13. The van der Waals surface area contributed by atoms with Crippen molar-refractivity contribution in [3.05, 3.63) is 29.2 Å². The number of amides is 2. The fourth-order valence-electron chi connectivity index (χ4n) is 4.44. The second-order valence-electron chi connectivity index (χ2n) is 9.46. The maximum absolute atomic E-state index is 13.0. The highest BCUT2D eigenvalue weighted by Crippen LogP contribution is 2.40. The highest BCUT2D eigenvalue weighted by molar-refractivity contribution is 8.00. The molecule has 0 radical (unpaired) electrons. The highest BCUT2D eigenvalue weighted by Gasteiger charge is 2.54. The predicted molar refractivity (Wildman–Crippen MR) is 147 cm³/mol. The lowest BCUT2D eigenvalue weighted by Crippen LogP contribution is -2.71. The summed E-state index contributed by atoms with van der Waals surface area (Å²) in [6.45, 7) is 1.69. The molecule has 2 atom stereocenters. The molecule has 3 aliphatic rings. The molecule has 2 saturated heterocycles. The first-order chi connectivity index (χ1) is 19.3. The van der Waals surface area contributed by atoms with Crippen molar-refractivity contribution < 1.29 is 37.2 Å². The number of thioether (sulfide) groups is 1. The Morgan fingerprint density at radius 2 is 2.10 bits per heavy atom. The zero-order chi connectivity index (χ0) is 29.9. The minimum Gasteiger partial charge on any atom is -0.477 e. The van der Waals surface area contributed by atoms with Gasteiger partial charge in [0.1, 0.15) is 23.2 Å². The number of rotatable bonds is 10. The van der Waals surface area contributed by atoms with Gasteiger partial charge in [0.15, 0.2) is 5.13 Å². The van der Waals surface area contributed by atoms with Crippen LogP contribution in [0.4, 0.5) is 5.13 Å². The van der Waals surface area contributed by atoms with E-state index in [1.807, 2.05) is 13.1 Å². The summed E-state index contributed by atoms with van der Waals surface area (Å²) in [6.07, 6.45) is 3.48. The van der Waals surface area contributed by atoms with Gasteiger partial charge in [-0.2, -0.15) is 27.3 Å². The number of β-lactam (4-membered cyclic amide) rings is 1. The van der Waals surface area contributed by atoms with Crippen molar-refractivity contribution in [2.45, 2.75) is 11.4 Å². The van der Waals surface area contributed by atoms with Gasteiger partial charge in [0.05, 0.1) is 39.8 Å². The predicted octanol–water partition coefficient (Wildman–Crippen LogP) is -2.37. The van der Waals surface area contributed by atoms with Crippen molar-refractivity contribution in [3.8, 4) is 6.07 Å². The number of carbonyl (C=O) groups excluding carboxylic acids is 2. The van der Waals surface area contributed by atoms with Gasteiger partial charge in [-0.15, -0.1) is 11.8 Å². The fourth-order valence-corrected chi connectivity index (χ4v) is 6.86. The van der Waals surface area contributed by atoms with Crippen LogP contribution in [-0.4, -0.2) is 124 Å². The zero-order valence-electron chi connectivity index (χ0n) is 21.7. The number of hydrogen-bond donors (Lipinski definition) is 4. The molecule has 17 nitrogen and oxygen atoms in total. The molecule has 2 fully saturated rings. The standard InChI is InChI=1S/C21H26N10O7S3/c1-31(8-5-29(6-9-31)41(24,36)37)7-2-3-12-11-39-19-14(18(33)30(19)15(12)20(34)35)25-17(32)13(27-38-10-4-22)16-26-21(23)40-28-16/h2-3,14,19H,5-11H2,1H3,(H5-,23,24,25,26,28,32,34,35,36,37)/p+1/b3-2+,27-13-/t14-,19+/m1/s1. The molecule has 0 aliphatic carbocycles. The molecule has 0 spiro atoms. The normalized spacial score (nSPS) is 23.1. The van der Waals surface area contributed by atoms with E-state index in [-0.39, 0.29) is 41.2 Å². The molecule has 220 valence electrons. The lowest BCUT2D eigenvalue weighted by molar-refractivity contribution is -0.907. The number of nitrogens with one attached hydrogen (secondary N) is 1. The summed E-state index contributed by atoms with van der Waals surface area (Å²) in [4.78, 5) is 48.0.